The molecule has 0 aliphatic carbocycles. The molecule has 6 heteroatoms. The predicted octanol–water partition coefficient (Wildman–Crippen LogP) is 0.563. The van der Waals surface area contributed by atoms with E-state index in [0.717, 1.165) is 0 Å². The highest BCUT2D eigenvalue weighted by Crippen LogP contribution is 2.40. The minimum atomic E-state index is -0.515. The summed E-state index contributed by atoms with van der Waals surface area (Å²) in [6.45, 7) is 2.30. The Morgan fingerprint density at radius 2 is 2.58 bits per heavy atom. The molecule has 1 N–H and O–H groups in total. The maximum atomic E-state index is 10.4. The van der Waals surface area contributed by atoms with Gasteiger partial charge in [0, 0.05) is 0 Å². The van der Waals surface area contributed by atoms with Crippen LogP contribution in [0, 0.1) is 10.1 Å². The second-order valence-electron chi connectivity index (χ2n) is 2.91. The summed E-state index contributed by atoms with van der Waals surface area (Å²) in [5.41, 5.74) is -0.0682. The van der Waals surface area contributed by atoms with Crippen LogP contribution in [0.5, 0.6) is 0 Å². The van der Waals surface area contributed by atoms with Crippen LogP contribution in [0.1, 0.15) is 12.6 Å². The Labute approximate surface area is 67.7 Å². The first kappa shape index (κ1) is 7.23. The molecule has 0 spiro atoms. The summed E-state index contributed by atoms with van der Waals surface area (Å²) in [6.07, 6.45) is 1.20. The molecule has 6 nitrogen and oxygen atoms in total. The Hall–Kier alpha value is -1.43. The van der Waals surface area contributed by atoms with Crippen molar-refractivity contribution in [3.8, 4) is 0 Å². The average molecular weight is 169 g/mol. The number of epoxide rings is 1. The Bertz CT molecular complexity index is 329. The molecular formula is C6H7N3O3. The van der Waals surface area contributed by atoms with Crippen LogP contribution in [0.25, 0.3) is 0 Å². The van der Waals surface area contributed by atoms with Crippen LogP contribution in [0.15, 0.2) is 6.20 Å². The highest BCUT2D eigenvalue weighted by atomic mass is 16.6. The second-order valence-corrected chi connectivity index (χ2v) is 2.91. The minimum absolute atomic E-state index is 0.00463. The van der Waals surface area contributed by atoms with Crippen molar-refractivity contribution in [3.05, 3.63) is 22.0 Å². The lowest BCUT2D eigenvalue weighted by Crippen LogP contribution is -2.05. The number of nitrogens with one attached hydrogen (secondary N) is 1. The van der Waals surface area contributed by atoms with Gasteiger partial charge in [0.05, 0.1) is 11.5 Å². The van der Waals surface area contributed by atoms with E-state index in [0.29, 0.717) is 12.3 Å². The fraction of sp³-hybridized carbons (Fsp3) is 0.500. The van der Waals surface area contributed by atoms with Gasteiger partial charge < -0.3 is 4.74 Å². The normalized spacial score (nSPS) is 27.1. The highest BCUT2D eigenvalue weighted by molar-refractivity contribution is 5.38. The Morgan fingerprint density at radius 3 is 3.08 bits per heavy atom. The largest absolute Gasteiger partial charge is 0.363 e. The number of rotatable bonds is 2. The number of ether oxygens (including phenoxy) is 1. The van der Waals surface area contributed by atoms with Crippen LogP contribution in [0.3, 0.4) is 0 Å². The summed E-state index contributed by atoms with van der Waals surface area (Å²) >= 11 is 0. The fourth-order valence-corrected chi connectivity index (χ4v) is 1.06. The summed E-state index contributed by atoms with van der Waals surface area (Å²) < 4.78 is 5.06. The standard InChI is InChI=1S/C6H7N3O3/c1-6(3-12-6)5-4(9(10)11)2-7-8-5/h2H,3H2,1H3,(H,7,8). The van der Waals surface area contributed by atoms with E-state index in [1.165, 1.54) is 6.20 Å². The Morgan fingerprint density at radius 1 is 1.92 bits per heavy atom. The Kier molecular flexibility index (Phi) is 1.23. The fourth-order valence-electron chi connectivity index (χ4n) is 1.06. The number of aromatic amines is 1. The van der Waals surface area contributed by atoms with E-state index in [-0.39, 0.29) is 5.69 Å². The molecule has 2 heterocycles. The van der Waals surface area contributed by atoms with Crippen molar-refractivity contribution < 1.29 is 9.66 Å². The minimum Gasteiger partial charge on any atom is -0.363 e. The van der Waals surface area contributed by atoms with Crippen LogP contribution < -0.4 is 0 Å². The second kappa shape index (κ2) is 2.04. The zero-order valence-corrected chi connectivity index (χ0v) is 6.40. The zero-order chi connectivity index (χ0) is 8.77. The van der Waals surface area contributed by atoms with E-state index < -0.39 is 10.5 Å². The molecule has 1 aliphatic rings. The average Bonchev–Trinajstić information content (AvgIpc) is 2.61. The molecule has 1 saturated heterocycles. The van der Waals surface area contributed by atoms with Gasteiger partial charge in [0.25, 0.3) is 0 Å². The van der Waals surface area contributed by atoms with Crippen molar-refractivity contribution in [1.29, 1.82) is 0 Å². The summed E-state index contributed by atoms with van der Waals surface area (Å²) in [5.74, 6) is 0. The lowest BCUT2D eigenvalue weighted by atomic mass is 10.1. The summed E-state index contributed by atoms with van der Waals surface area (Å²) in [7, 11) is 0. The molecule has 0 aromatic carbocycles. The van der Waals surface area contributed by atoms with Gasteiger partial charge in [0.2, 0.25) is 0 Å². The van der Waals surface area contributed by atoms with Gasteiger partial charge in [-0.15, -0.1) is 0 Å². The quantitative estimate of drug-likeness (QED) is 0.398. The topological polar surface area (TPSA) is 84.3 Å². The van der Waals surface area contributed by atoms with Gasteiger partial charge in [-0.1, -0.05) is 0 Å². The molecular weight excluding hydrogens is 162 g/mol. The third-order valence-electron chi connectivity index (χ3n) is 1.92. The van der Waals surface area contributed by atoms with Gasteiger partial charge >= 0.3 is 5.69 Å². The third-order valence-corrected chi connectivity index (χ3v) is 1.92. The number of hydrogen-bond acceptors (Lipinski definition) is 4. The molecule has 0 radical (unpaired) electrons. The number of nitrogens with zero attached hydrogens (tertiary/aromatic N) is 2. The van der Waals surface area contributed by atoms with Gasteiger partial charge in [0.1, 0.15) is 17.5 Å². The predicted molar refractivity (Wildman–Crippen MR) is 38.5 cm³/mol. The summed E-state index contributed by atoms with van der Waals surface area (Å²) in [5, 5.41) is 16.6. The molecule has 12 heavy (non-hydrogen) atoms. The number of hydrogen-bond donors (Lipinski definition) is 1. The summed E-state index contributed by atoms with van der Waals surface area (Å²) in [6, 6.07) is 0. The van der Waals surface area contributed by atoms with E-state index in [1.807, 2.05) is 0 Å². The molecule has 1 aromatic heterocycles. The van der Waals surface area contributed by atoms with E-state index in [4.69, 9.17) is 4.74 Å². The van der Waals surface area contributed by atoms with Crippen molar-refractivity contribution in [2.24, 2.45) is 0 Å². The van der Waals surface area contributed by atoms with Crippen LogP contribution >= 0.6 is 0 Å². The summed E-state index contributed by atoms with van der Waals surface area (Å²) in [4.78, 5) is 9.98. The first-order valence-corrected chi connectivity index (χ1v) is 3.46. The maximum Gasteiger partial charge on any atom is 0.313 e. The number of H-pyrrole nitrogens is 1. The van der Waals surface area contributed by atoms with Gasteiger partial charge in [-0.25, -0.2) is 0 Å². The van der Waals surface area contributed by atoms with Crippen molar-refractivity contribution >= 4 is 5.69 Å². The first-order valence-electron chi connectivity index (χ1n) is 3.46. The third kappa shape index (κ3) is 0.884. The molecule has 1 aliphatic heterocycles. The number of nitro groups is 1. The van der Waals surface area contributed by atoms with Gasteiger partial charge in [-0.2, -0.15) is 5.10 Å². The van der Waals surface area contributed by atoms with Crippen LogP contribution in [-0.4, -0.2) is 21.7 Å². The zero-order valence-electron chi connectivity index (χ0n) is 6.40. The number of aromatic nitrogens is 2. The van der Waals surface area contributed by atoms with Crippen LogP contribution in [-0.2, 0) is 10.3 Å². The van der Waals surface area contributed by atoms with E-state index >= 15 is 0 Å². The van der Waals surface area contributed by atoms with E-state index in [1.54, 1.807) is 6.92 Å². The molecule has 1 atom stereocenters. The lowest BCUT2D eigenvalue weighted by Gasteiger charge is -1.98. The van der Waals surface area contributed by atoms with Crippen molar-refractivity contribution in [2.45, 2.75) is 12.5 Å². The van der Waals surface area contributed by atoms with Crippen molar-refractivity contribution in [1.82, 2.24) is 10.2 Å². The van der Waals surface area contributed by atoms with Gasteiger partial charge in [0.15, 0.2) is 0 Å². The molecule has 0 saturated carbocycles. The molecule has 2 rings (SSSR count). The molecule has 1 unspecified atom stereocenters. The monoisotopic (exact) mass is 169 g/mol. The molecule has 64 valence electrons. The van der Waals surface area contributed by atoms with Gasteiger partial charge in [-0.3, -0.25) is 15.2 Å². The SMILES string of the molecule is CC1(c2[nH]ncc2[N+](=O)[O-])CO1. The molecule has 1 aromatic rings. The maximum absolute atomic E-state index is 10.4. The van der Waals surface area contributed by atoms with Crippen LogP contribution in [0.4, 0.5) is 5.69 Å². The highest BCUT2D eigenvalue weighted by Gasteiger charge is 2.47. The molecule has 0 bridgehead atoms. The smallest absolute Gasteiger partial charge is 0.313 e. The van der Waals surface area contributed by atoms with E-state index in [9.17, 15) is 10.1 Å². The Balaban J connectivity index is 2.43. The molecule has 1 fully saturated rings. The van der Waals surface area contributed by atoms with E-state index in [2.05, 4.69) is 10.2 Å². The van der Waals surface area contributed by atoms with Crippen LogP contribution in [0.2, 0.25) is 0 Å². The molecule has 0 amide bonds. The first-order chi connectivity index (χ1) is 5.63. The van der Waals surface area contributed by atoms with Crippen molar-refractivity contribution in [3.63, 3.8) is 0 Å². The van der Waals surface area contributed by atoms with Crippen molar-refractivity contribution in [2.75, 3.05) is 6.61 Å². The lowest BCUT2D eigenvalue weighted by molar-refractivity contribution is -0.386. The van der Waals surface area contributed by atoms with Gasteiger partial charge in [-0.05, 0) is 6.92 Å².